The zero-order chi connectivity index (χ0) is 20.6. The molecule has 3 aromatic rings. The summed E-state index contributed by atoms with van der Waals surface area (Å²) in [4.78, 5) is 26.0. The van der Waals surface area contributed by atoms with Crippen molar-refractivity contribution < 1.29 is 9.59 Å². The average molecular weight is 391 g/mol. The molecule has 0 aliphatic carbocycles. The molecular formula is C22H25N5O2. The molecule has 0 bridgehead atoms. The van der Waals surface area contributed by atoms with E-state index in [9.17, 15) is 9.59 Å². The van der Waals surface area contributed by atoms with Crippen molar-refractivity contribution in [1.82, 2.24) is 14.7 Å². The van der Waals surface area contributed by atoms with Gasteiger partial charge >= 0.3 is 6.03 Å². The van der Waals surface area contributed by atoms with Gasteiger partial charge in [-0.25, -0.2) is 4.79 Å². The Bertz CT molecular complexity index is 952. The molecule has 7 nitrogen and oxygen atoms in total. The van der Waals surface area contributed by atoms with Gasteiger partial charge in [0, 0.05) is 30.8 Å². The van der Waals surface area contributed by atoms with Crippen LogP contribution in [0.15, 0.2) is 67.0 Å². The van der Waals surface area contributed by atoms with Crippen molar-refractivity contribution in [1.29, 1.82) is 0 Å². The maximum Gasteiger partial charge on any atom is 0.322 e. The van der Waals surface area contributed by atoms with Gasteiger partial charge in [-0.2, -0.15) is 5.10 Å². The fourth-order valence-electron chi connectivity index (χ4n) is 2.92. The first-order chi connectivity index (χ1) is 14.0. The third-order valence-corrected chi connectivity index (χ3v) is 4.51. The Labute approximate surface area is 170 Å². The van der Waals surface area contributed by atoms with Crippen molar-refractivity contribution in [3.63, 3.8) is 0 Å². The number of benzene rings is 2. The Kier molecular flexibility index (Phi) is 6.63. The maximum atomic E-state index is 12.4. The second-order valence-corrected chi connectivity index (χ2v) is 6.75. The van der Waals surface area contributed by atoms with Gasteiger partial charge in [-0.15, -0.1) is 0 Å². The summed E-state index contributed by atoms with van der Waals surface area (Å²) in [7, 11) is 1.59. The molecule has 0 aliphatic rings. The summed E-state index contributed by atoms with van der Waals surface area (Å²) in [6.45, 7) is 2.66. The number of nitrogens with one attached hydrogen (secondary N) is 2. The number of anilines is 2. The molecule has 29 heavy (non-hydrogen) atoms. The number of urea groups is 1. The highest BCUT2D eigenvalue weighted by molar-refractivity contribution is 5.97. The van der Waals surface area contributed by atoms with Crippen LogP contribution in [0.4, 0.5) is 16.2 Å². The molecule has 0 unspecified atom stereocenters. The first kappa shape index (κ1) is 20.1. The number of hydrogen-bond donors (Lipinski definition) is 2. The predicted octanol–water partition coefficient (Wildman–Crippen LogP) is 3.60. The standard InChI is InChI=1S/C22H25N5O2/c1-3-18-7-4-5-8-20(18)25-21(28)16-26(2)22(29)24-19-11-9-17(10-12-19)15-27-14-6-13-23-27/h4-14H,3,15-16H2,1-2H3,(H,24,29)(H,25,28). The van der Waals surface area contributed by atoms with Gasteiger partial charge in [-0.3, -0.25) is 9.48 Å². The number of aryl methyl sites for hydroxylation is 1. The molecule has 7 heteroatoms. The van der Waals surface area contributed by atoms with E-state index in [1.165, 1.54) is 4.90 Å². The molecule has 2 N–H and O–H groups in total. The van der Waals surface area contributed by atoms with Crippen molar-refractivity contribution >= 4 is 23.3 Å². The Morgan fingerprint density at radius 3 is 2.48 bits per heavy atom. The number of carbonyl (C=O) groups is 2. The minimum absolute atomic E-state index is 0.0404. The molecule has 0 aliphatic heterocycles. The average Bonchev–Trinajstić information content (AvgIpc) is 3.22. The first-order valence-electron chi connectivity index (χ1n) is 9.51. The van der Waals surface area contributed by atoms with Crippen molar-refractivity contribution in [2.75, 3.05) is 24.2 Å². The number of rotatable bonds is 7. The molecule has 1 heterocycles. The van der Waals surface area contributed by atoms with Gasteiger partial charge < -0.3 is 15.5 Å². The van der Waals surface area contributed by atoms with Crippen LogP contribution in [-0.4, -0.2) is 40.2 Å². The fourth-order valence-corrected chi connectivity index (χ4v) is 2.92. The van der Waals surface area contributed by atoms with Crippen molar-refractivity contribution in [2.45, 2.75) is 19.9 Å². The molecule has 0 saturated heterocycles. The van der Waals surface area contributed by atoms with Crippen LogP contribution in [0.3, 0.4) is 0 Å². The first-order valence-corrected chi connectivity index (χ1v) is 9.51. The van der Waals surface area contributed by atoms with Crippen LogP contribution < -0.4 is 10.6 Å². The monoisotopic (exact) mass is 391 g/mol. The lowest BCUT2D eigenvalue weighted by Crippen LogP contribution is -2.37. The van der Waals surface area contributed by atoms with Gasteiger partial charge in [0.15, 0.2) is 0 Å². The van der Waals surface area contributed by atoms with Crippen LogP contribution in [-0.2, 0) is 17.8 Å². The van der Waals surface area contributed by atoms with Crippen LogP contribution in [0.5, 0.6) is 0 Å². The van der Waals surface area contributed by atoms with E-state index < -0.39 is 0 Å². The summed E-state index contributed by atoms with van der Waals surface area (Å²) < 4.78 is 1.83. The minimum atomic E-state index is -0.344. The molecule has 0 radical (unpaired) electrons. The Hall–Kier alpha value is -3.61. The second-order valence-electron chi connectivity index (χ2n) is 6.75. The van der Waals surface area contributed by atoms with Gasteiger partial charge in [0.1, 0.15) is 6.54 Å². The minimum Gasteiger partial charge on any atom is -0.324 e. The summed E-state index contributed by atoms with van der Waals surface area (Å²) in [5, 5.41) is 9.85. The SMILES string of the molecule is CCc1ccccc1NC(=O)CN(C)C(=O)Nc1ccc(Cn2cccn2)cc1. The normalized spacial score (nSPS) is 10.4. The number of hydrogen-bond acceptors (Lipinski definition) is 3. The summed E-state index contributed by atoms with van der Waals surface area (Å²) in [5.74, 6) is -0.238. The predicted molar refractivity (Wildman–Crippen MR) is 114 cm³/mol. The maximum absolute atomic E-state index is 12.4. The van der Waals surface area contributed by atoms with Gasteiger partial charge in [0.25, 0.3) is 0 Å². The number of para-hydroxylation sites is 1. The van der Waals surface area contributed by atoms with E-state index in [0.29, 0.717) is 12.2 Å². The van der Waals surface area contributed by atoms with Gasteiger partial charge in [-0.1, -0.05) is 37.3 Å². The van der Waals surface area contributed by atoms with Gasteiger partial charge in [0.2, 0.25) is 5.91 Å². The van der Waals surface area contributed by atoms with Crippen LogP contribution in [0.25, 0.3) is 0 Å². The lowest BCUT2D eigenvalue weighted by atomic mass is 10.1. The highest BCUT2D eigenvalue weighted by Crippen LogP contribution is 2.15. The Balaban J connectivity index is 1.51. The zero-order valence-electron chi connectivity index (χ0n) is 16.6. The van der Waals surface area contributed by atoms with Crippen LogP contribution in [0, 0.1) is 0 Å². The van der Waals surface area contributed by atoms with E-state index in [4.69, 9.17) is 0 Å². The number of amides is 3. The van der Waals surface area contributed by atoms with Crippen molar-refractivity contribution in [3.05, 3.63) is 78.1 Å². The number of aromatic nitrogens is 2. The largest absolute Gasteiger partial charge is 0.324 e. The van der Waals surface area contributed by atoms with E-state index in [1.54, 1.807) is 13.2 Å². The van der Waals surface area contributed by atoms with Crippen LogP contribution >= 0.6 is 0 Å². The van der Waals surface area contributed by atoms with E-state index in [1.807, 2.05) is 72.4 Å². The highest BCUT2D eigenvalue weighted by atomic mass is 16.2. The molecule has 1 aromatic heterocycles. The molecule has 150 valence electrons. The van der Waals surface area contributed by atoms with Crippen molar-refractivity contribution in [3.8, 4) is 0 Å². The van der Waals surface area contributed by atoms with Crippen LogP contribution in [0.1, 0.15) is 18.1 Å². The van der Waals surface area contributed by atoms with E-state index >= 15 is 0 Å². The van der Waals surface area contributed by atoms with Gasteiger partial charge in [-0.05, 0) is 41.8 Å². The molecule has 0 saturated carbocycles. The number of nitrogens with zero attached hydrogens (tertiary/aromatic N) is 3. The molecule has 3 amide bonds. The third kappa shape index (κ3) is 5.68. The third-order valence-electron chi connectivity index (χ3n) is 4.51. The van der Waals surface area contributed by atoms with E-state index in [2.05, 4.69) is 15.7 Å². The van der Waals surface area contributed by atoms with Crippen molar-refractivity contribution in [2.24, 2.45) is 0 Å². The fraction of sp³-hybridized carbons (Fsp3) is 0.227. The number of carbonyl (C=O) groups excluding carboxylic acids is 2. The topological polar surface area (TPSA) is 79.3 Å². The van der Waals surface area contributed by atoms with E-state index in [0.717, 1.165) is 23.2 Å². The summed E-state index contributed by atoms with van der Waals surface area (Å²) >= 11 is 0. The summed E-state index contributed by atoms with van der Waals surface area (Å²) in [6, 6.07) is 16.7. The molecule has 3 rings (SSSR count). The molecule has 0 spiro atoms. The number of likely N-dealkylation sites (N-methyl/N-ethyl adjacent to an activating group) is 1. The Morgan fingerprint density at radius 2 is 1.79 bits per heavy atom. The van der Waals surface area contributed by atoms with Crippen LogP contribution in [0.2, 0.25) is 0 Å². The Morgan fingerprint density at radius 1 is 1.03 bits per heavy atom. The molecular weight excluding hydrogens is 366 g/mol. The summed E-state index contributed by atoms with van der Waals surface area (Å²) in [6.07, 6.45) is 4.46. The molecule has 2 aromatic carbocycles. The van der Waals surface area contributed by atoms with E-state index in [-0.39, 0.29) is 18.5 Å². The second kappa shape index (κ2) is 9.54. The van der Waals surface area contributed by atoms with Gasteiger partial charge in [0.05, 0.1) is 6.54 Å². The smallest absolute Gasteiger partial charge is 0.322 e. The lowest BCUT2D eigenvalue weighted by molar-refractivity contribution is -0.116. The summed E-state index contributed by atoms with van der Waals surface area (Å²) in [5.41, 5.74) is 3.58. The quantitative estimate of drug-likeness (QED) is 0.646. The molecule has 0 atom stereocenters. The lowest BCUT2D eigenvalue weighted by Gasteiger charge is -2.18. The highest BCUT2D eigenvalue weighted by Gasteiger charge is 2.14. The molecule has 0 fully saturated rings. The zero-order valence-corrected chi connectivity index (χ0v) is 16.6.